The molecule has 2 N–H and O–H groups in total. The van der Waals surface area contributed by atoms with E-state index >= 15 is 0 Å². The molecule has 9 nitrogen and oxygen atoms in total. The lowest BCUT2D eigenvalue weighted by molar-refractivity contribution is -0.123. The topological polar surface area (TPSA) is 120 Å². The zero-order chi connectivity index (χ0) is 21.8. The van der Waals surface area contributed by atoms with Crippen molar-refractivity contribution in [2.45, 2.75) is 23.8 Å². The molecule has 1 aromatic carbocycles. The van der Waals surface area contributed by atoms with Gasteiger partial charge in [0.25, 0.3) is 5.91 Å². The van der Waals surface area contributed by atoms with Crippen molar-refractivity contribution in [2.75, 3.05) is 13.1 Å². The van der Waals surface area contributed by atoms with Crippen LogP contribution in [0, 0.1) is 5.92 Å². The van der Waals surface area contributed by atoms with Crippen molar-refractivity contribution in [2.24, 2.45) is 11.7 Å². The number of aromatic nitrogens is 5. The normalized spacial score (nSPS) is 14.5. The number of carbonyl (C=O) groups excluding carboxylic acids is 2. The average molecular weight is 502 g/mol. The minimum Gasteiger partial charge on any atom is -0.369 e. The van der Waals surface area contributed by atoms with E-state index in [9.17, 15) is 9.59 Å². The average Bonchev–Trinajstić information content (AvgIpc) is 3.22. The fourth-order valence-electron chi connectivity index (χ4n) is 3.40. The summed E-state index contributed by atoms with van der Waals surface area (Å²) in [5.74, 6) is -0.275. The second kappa shape index (κ2) is 9.56. The quantitative estimate of drug-likeness (QED) is 0.406. The number of halogens is 1. The molecule has 1 saturated heterocycles. The highest BCUT2D eigenvalue weighted by Crippen LogP contribution is 2.25. The third-order valence-corrected chi connectivity index (χ3v) is 6.52. The molecule has 1 aliphatic heterocycles. The van der Waals surface area contributed by atoms with Crippen molar-refractivity contribution in [3.63, 3.8) is 0 Å². The smallest absolute Gasteiger partial charge is 0.276 e. The first-order chi connectivity index (χ1) is 15.0. The van der Waals surface area contributed by atoms with Crippen molar-refractivity contribution in [3.8, 4) is 5.69 Å². The Balaban J connectivity index is 1.61. The van der Waals surface area contributed by atoms with Crippen molar-refractivity contribution < 1.29 is 9.59 Å². The van der Waals surface area contributed by atoms with Crippen LogP contribution in [0.2, 0.25) is 0 Å². The van der Waals surface area contributed by atoms with Gasteiger partial charge in [-0.1, -0.05) is 32.9 Å². The number of carbonyl (C=O) groups is 2. The number of rotatable bonds is 6. The summed E-state index contributed by atoms with van der Waals surface area (Å²) in [6.07, 6.45) is 4.47. The van der Waals surface area contributed by atoms with E-state index in [2.05, 4.69) is 36.2 Å². The molecule has 3 heterocycles. The SMILES string of the molecule is NC(=O)C1CCN(C(=O)c2nnn(-c3ccc(Br)cc3)c2CSc2ncccn2)CC1. The molecular formula is C20H20BrN7O2S. The lowest BCUT2D eigenvalue weighted by Gasteiger charge is -2.30. The Bertz CT molecular complexity index is 1070. The first kappa shape index (κ1) is 21.4. The summed E-state index contributed by atoms with van der Waals surface area (Å²) < 4.78 is 2.62. The van der Waals surface area contributed by atoms with Gasteiger partial charge in [0.15, 0.2) is 10.9 Å². The van der Waals surface area contributed by atoms with E-state index in [0.717, 1.165) is 10.2 Å². The number of amides is 2. The van der Waals surface area contributed by atoms with Crippen LogP contribution >= 0.6 is 27.7 Å². The second-order valence-corrected chi connectivity index (χ2v) is 8.92. The molecule has 0 unspecified atom stereocenters. The van der Waals surface area contributed by atoms with Gasteiger partial charge in [0.1, 0.15) is 0 Å². The number of hydrogen-bond acceptors (Lipinski definition) is 7. The Morgan fingerprint density at radius 2 is 1.81 bits per heavy atom. The van der Waals surface area contributed by atoms with Crippen LogP contribution in [0.5, 0.6) is 0 Å². The molecule has 2 aromatic heterocycles. The Morgan fingerprint density at radius 3 is 2.45 bits per heavy atom. The first-order valence-electron chi connectivity index (χ1n) is 9.72. The zero-order valence-corrected chi connectivity index (χ0v) is 18.9. The molecule has 1 aliphatic rings. The fraction of sp³-hybridized carbons (Fsp3) is 0.300. The van der Waals surface area contributed by atoms with Gasteiger partial charge in [0, 0.05) is 41.6 Å². The molecule has 0 atom stereocenters. The van der Waals surface area contributed by atoms with Gasteiger partial charge in [-0.2, -0.15) is 0 Å². The van der Waals surface area contributed by atoms with Gasteiger partial charge in [0.2, 0.25) is 5.91 Å². The summed E-state index contributed by atoms with van der Waals surface area (Å²) in [5.41, 5.74) is 7.17. The van der Waals surface area contributed by atoms with Gasteiger partial charge in [-0.05, 0) is 43.2 Å². The van der Waals surface area contributed by atoms with Crippen LogP contribution < -0.4 is 5.73 Å². The van der Waals surface area contributed by atoms with Crippen LogP contribution in [0.25, 0.3) is 5.69 Å². The largest absolute Gasteiger partial charge is 0.369 e. The first-order valence-corrected chi connectivity index (χ1v) is 11.5. The monoisotopic (exact) mass is 501 g/mol. The van der Waals surface area contributed by atoms with Crippen LogP contribution in [0.4, 0.5) is 0 Å². The number of thioether (sulfide) groups is 1. The molecule has 4 rings (SSSR count). The minimum absolute atomic E-state index is 0.187. The Kier molecular flexibility index (Phi) is 6.62. The fourth-order valence-corrected chi connectivity index (χ4v) is 4.46. The molecule has 160 valence electrons. The third-order valence-electron chi connectivity index (χ3n) is 5.10. The molecule has 2 amide bonds. The standard InChI is InChI=1S/C20H20BrN7O2S/c21-14-2-4-15(5-3-14)28-16(12-31-20-23-8-1-9-24-20)17(25-26-28)19(30)27-10-6-13(7-11-27)18(22)29/h1-5,8-9,13H,6-7,10-12H2,(H2,22,29). The molecule has 3 aromatic rings. The number of hydrogen-bond donors (Lipinski definition) is 1. The summed E-state index contributed by atoms with van der Waals surface area (Å²) >= 11 is 4.84. The van der Waals surface area contributed by atoms with Crippen LogP contribution in [0.3, 0.4) is 0 Å². The molecular weight excluding hydrogens is 482 g/mol. The lowest BCUT2D eigenvalue weighted by atomic mass is 9.96. The molecule has 0 aliphatic carbocycles. The van der Waals surface area contributed by atoms with E-state index in [4.69, 9.17) is 5.73 Å². The van der Waals surface area contributed by atoms with Crippen molar-refractivity contribution >= 4 is 39.5 Å². The van der Waals surface area contributed by atoms with E-state index in [1.165, 1.54) is 11.8 Å². The van der Waals surface area contributed by atoms with Crippen molar-refractivity contribution in [3.05, 3.63) is 58.6 Å². The number of benzene rings is 1. The van der Waals surface area contributed by atoms with E-state index in [1.54, 1.807) is 28.0 Å². The second-order valence-electron chi connectivity index (χ2n) is 7.06. The molecule has 31 heavy (non-hydrogen) atoms. The van der Waals surface area contributed by atoms with Gasteiger partial charge in [-0.25, -0.2) is 14.6 Å². The van der Waals surface area contributed by atoms with Gasteiger partial charge in [-0.15, -0.1) is 5.10 Å². The summed E-state index contributed by atoms with van der Waals surface area (Å²) in [6.45, 7) is 0.928. The maximum Gasteiger partial charge on any atom is 0.276 e. The number of primary amides is 1. The molecule has 0 spiro atoms. The highest BCUT2D eigenvalue weighted by Gasteiger charge is 2.30. The van der Waals surface area contributed by atoms with Gasteiger partial charge < -0.3 is 10.6 Å². The maximum atomic E-state index is 13.3. The van der Waals surface area contributed by atoms with Crippen molar-refractivity contribution in [1.29, 1.82) is 0 Å². The Labute approximate surface area is 191 Å². The van der Waals surface area contributed by atoms with Crippen LogP contribution in [0.1, 0.15) is 29.0 Å². The highest BCUT2D eigenvalue weighted by atomic mass is 79.9. The number of piperidine rings is 1. The molecule has 0 bridgehead atoms. The zero-order valence-electron chi connectivity index (χ0n) is 16.5. The van der Waals surface area contributed by atoms with E-state index in [0.29, 0.717) is 48.2 Å². The Hall–Kier alpha value is -2.79. The number of nitrogens with zero attached hydrogens (tertiary/aromatic N) is 6. The summed E-state index contributed by atoms with van der Waals surface area (Å²) in [4.78, 5) is 34.9. The number of likely N-dealkylation sites (tertiary alicyclic amines) is 1. The van der Waals surface area contributed by atoms with Gasteiger partial charge >= 0.3 is 0 Å². The third kappa shape index (κ3) is 4.93. The molecule has 11 heteroatoms. The van der Waals surface area contributed by atoms with E-state index < -0.39 is 0 Å². The summed E-state index contributed by atoms with van der Waals surface area (Å²) in [5, 5.41) is 9.09. The minimum atomic E-state index is -0.312. The highest BCUT2D eigenvalue weighted by molar-refractivity contribution is 9.10. The van der Waals surface area contributed by atoms with E-state index in [1.807, 2.05) is 24.3 Å². The predicted molar refractivity (Wildman–Crippen MR) is 118 cm³/mol. The molecule has 0 saturated carbocycles. The van der Waals surface area contributed by atoms with Gasteiger partial charge in [-0.3, -0.25) is 9.59 Å². The maximum absolute atomic E-state index is 13.3. The molecule has 1 fully saturated rings. The van der Waals surface area contributed by atoms with Crippen LogP contribution in [-0.2, 0) is 10.5 Å². The predicted octanol–water partition coefficient (Wildman–Crippen LogP) is 2.45. The molecule has 0 radical (unpaired) electrons. The lowest BCUT2D eigenvalue weighted by Crippen LogP contribution is -2.42. The summed E-state index contributed by atoms with van der Waals surface area (Å²) in [6, 6.07) is 9.37. The van der Waals surface area contributed by atoms with Gasteiger partial charge in [0.05, 0.1) is 11.4 Å². The Morgan fingerprint density at radius 1 is 1.13 bits per heavy atom. The summed E-state index contributed by atoms with van der Waals surface area (Å²) in [7, 11) is 0. The van der Waals surface area contributed by atoms with Crippen LogP contribution in [-0.4, -0.2) is 54.8 Å². The van der Waals surface area contributed by atoms with Crippen molar-refractivity contribution in [1.82, 2.24) is 29.9 Å². The number of nitrogens with two attached hydrogens (primary N) is 1. The van der Waals surface area contributed by atoms with Crippen LogP contribution in [0.15, 0.2) is 52.4 Å². The van der Waals surface area contributed by atoms with E-state index in [-0.39, 0.29) is 17.7 Å².